The highest BCUT2D eigenvalue weighted by Crippen LogP contribution is 2.32. The number of carbonyl (C=O) groups excluding carboxylic acids is 1. The van der Waals surface area contributed by atoms with Crippen molar-refractivity contribution in [2.75, 3.05) is 29.2 Å². The number of anilines is 4. The minimum Gasteiger partial charge on any atom is -0.396 e. The van der Waals surface area contributed by atoms with Crippen LogP contribution in [-0.2, 0) is 10.1 Å². The van der Waals surface area contributed by atoms with E-state index < -0.39 is 16.0 Å². The number of nitrogens with zero attached hydrogens (tertiary/aromatic N) is 2. The van der Waals surface area contributed by atoms with E-state index in [4.69, 9.17) is 15.7 Å². The van der Waals surface area contributed by atoms with E-state index in [1.165, 1.54) is 31.2 Å². The third-order valence-electron chi connectivity index (χ3n) is 4.10. The summed E-state index contributed by atoms with van der Waals surface area (Å²) in [5, 5.41) is 6.09. The molecule has 1 amide bonds. The quantitative estimate of drug-likeness (QED) is 0.356. The predicted molar refractivity (Wildman–Crippen MR) is 106 cm³/mol. The number of nitrogens with one attached hydrogen (secondary N) is 2. The number of hydrogen-bond acceptors (Lipinski definition) is 9. The van der Waals surface area contributed by atoms with Crippen LogP contribution in [0.5, 0.6) is 5.75 Å². The topological polar surface area (TPSA) is 162 Å². The largest absolute Gasteiger partial charge is 0.396 e. The zero-order valence-corrected chi connectivity index (χ0v) is 16.1. The SMILES string of the molecule is CS(=O)(=O)Oc1ccc(Nc2ncc(C(N)=O)c(NCCC3CC3)n2)cc1N. The average Bonchev–Trinajstić information content (AvgIpc) is 3.41. The van der Waals surface area contributed by atoms with E-state index in [1.54, 1.807) is 6.07 Å². The maximum absolute atomic E-state index is 11.6. The molecule has 2 aromatic rings. The number of rotatable bonds is 9. The van der Waals surface area contributed by atoms with Crippen LogP contribution in [0, 0.1) is 5.92 Å². The van der Waals surface area contributed by atoms with Crippen molar-refractivity contribution in [2.45, 2.75) is 19.3 Å². The van der Waals surface area contributed by atoms with Crippen molar-refractivity contribution in [1.82, 2.24) is 9.97 Å². The highest BCUT2D eigenvalue weighted by Gasteiger charge is 2.21. The maximum Gasteiger partial charge on any atom is 0.306 e. The number of primary amides is 1. The lowest BCUT2D eigenvalue weighted by molar-refractivity contribution is 0.100. The number of nitrogen functional groups attached to an aromatic ring is 1. The first-order valence-electron chi connectivity index (χ1n) is 8.68. The van der Waals surface area contributed by atoms with Crippen molar-refractivity contribution in [1.29, 1.82) is 0 Å². The van der Waals surface area contributed by atoms with Crippen LogP contribution in [-0.4, -0.2) is 37.1 Å². The van der Waals surface area contributed by atoms with Crippen LogP contribution in [0.2, 0.25) is 0 Å². The molecule has 0 unspecified atom stereocenters. The Morgan fingerprint density at radius 2 is 2.11 bits per heavy atom. The molecule has 0 spiro atoms. The molecule has 1 aromatic carbocycles. The number of hydrogen-bond donors (Lipinski definition) is 4. The summed E-state index contributed by atoms with van der Waals surface area (Å²) in [4.78, 5) is 20.0. The summed E-state index contributed by atoms with van der Waals surface area (Å²) < 4.78 is 27.2. The van der Waals surface area contributed by atoms with E-state index in [9.17, 15) is 13.2 Å². The number of aromatic nitrogens is 2. The first kappa shape index (κ1) is 19.7. The van der Waals surface area contributed by atoms with Crippen LogP contribution in [0.1, 0.15) is 29.6 Å². The van der Waals surface area contributed by atoms with E-state index in [2.05, 4.69) is 20.6 Å². The van der Waals surface area contributed by atoms with Crippen molar-refractivity contribution < 1.29 is 17.4 Å². The van der Waals surface area contributed by atoms with Crippen LogP contribution in [0.4, 0.5) is 23.1 Å². The van der Waals surface area contributed by atoms with Gasteiger partial charge in [-0.15, -0.1) is 0 Å². The Labute approximate surface area is 162 Å². The Balaban J connectivity index is 1.75. The van der Waals surface area contributed by atoms with E-state index in [0.29, 0.717) is 18.1 Å². The monoisotopic (exact) mass is 406 g/mol. The molecular weight excluding hydrogens is 384 g/mol. The van der Waals surface area contributed by atoms with Gasteiger partial charge in [0.15, 0.2) is 5.75 Å². The standard InChI is InChI=1S/C17H22N6O4S/c1-28(25,26)27-14-5-4-11(8-13(14)18)22-17-21-9-12(15(19)24)16(23-17)20-7-6-10-2-3-10/h4-5,8-10H,2-3,6-7,18H2,1H3,(H2,19,24)(H2,20,21,22,23). The lowest BCUT2D eigenvalue weighted by Gasteiger charge is -2.12. The van der Waals surface area contributed by atoms with Crippen LogP contribution in [0.15, 0.2) is 24.4 Å². The molecule has 1 saturated carbocycles. The second-order valence-electron chi connectivity index (χ2n) is 6.64. The van der Waals surface area contributed by atoms with Crippen molar-refractivity contribution >= 4 is 39.2 Å². The molecule has 0 atom stereocenters. The van der Waals surface area contributed by atoms with Gasteiger partial charge in [-0.1, -0.05) is 12.8 Å². The predicted octanol–water partition coefficient (Wildman–Crippen LogP) is 1.45. The molecule has 28 heavy (non-hydrogen) atoms. The van der Waals surface area contributed by atoms with Crippen LogP contribution < -0.4 is 26.3 Å². The lowest BCUT2D eigenvalue weighted by Crippen LogP contribution is -2.17. The summed E-state index contributed by atoms with van der Waals surface area (Å²) in [5.41, 5.74) is 12.1. The van der Waals surface area contributed by atoms with Crippen LogP contribution in [0.3, 0.4) is 0 Å². The summed E-state index contributed by atoms with van der Waals surface area (Å²) in [6.45, 7) is 0.686. The Hall–Kier alpha value is -3.08. The Kier molecular flexibility index (Phi) is 5.54. The summed E-state index contributed by atoms with van der Waals surface area (Å²) in [6, 6.07) is 4.49. The van der Waals surface area contributed by atoms with Gasteiger partial charge in [-0.3, -0.25) is 4.79 Å². The summed E-state index contributed by atoms with van der Waals surface area (Å²) in [7, 11) is -3.68. The maximum atomic E-state index is 11.6. The normalized spacial score (nSPS) is 13.8. The van der Waals surface area contributed by atoms with Gasteiger partial charge in [0.05, 0.1) is 17.5 Å². The molecular formula is C17H22N6O4S. The summed E-state index contributed by atoms with van der Waals surface area (Å²) >= 11 is 0. The zero-order valence-electron chi connectivity index (χ0n) is 15.3. The fraction of sp³-hybridized carbons (Fsp3) is 0.353. The van der Waals surface area contributed by atoms with Crippen molar-refractivity contribution in [2.24, 2.45) is 11.7 Å². The summed E-state index contributed by atoms with van der Waals surface area (Å²) in [6.07, 6.45) is 5.76. The molecule has 150 valence electrons. The molecule has 6 N–H and O–H groups in total. The second kappa shape index (κ2) is 7.89. The highest BCUT2D eigenvalue weighted by atomic mass is 32.2. The molecule has 3 rings (SSSR count). The van der Waals surface area contributed by atoms with Gasteiger partial charge in [0.1, 0.15) is 5.82 Å². The number of nitrogens with two attached hydrogens (primary N) is 2. The minimum absolute atomic E-state index is 0.0282. The lowest BCUT2D eigenvalue weighted by atomic mass is 10.2. The van der Waals surface area contributed by atoms with Gasteiger partial charge < -0.3 is 26.3 Å². The molecule has 0 bridgehead atoms. The van der Waals surface area contributed by atoms with Gasteiger partial charge in [0.25, 0.3) is 5.91 Å². The van der Waals surface area contributed by atoms with Gasteiger partial charge in [-0.25, -0.2) is 4.98 Å². The van der Waals surface area contributed by atoms with Gasteiger partial charge >= 0.3 is 10.1 Å². The molecule has 0 aliphatic heterocycles. The first-order valence-corrected chi connectivity index (χ1v) is 10.5. The van der Waals surface area contributed by atoms with Crippen molar-refractivity contribution in [3.05, 3.63) is 30.0 Å². The van der Waals surface area contributed by atoms with E-state index in [1.807, 2.05) is 0 Å². The molecule has 10 nitrogen and oxygen atoms in total. The van der Waals surface area contributed by atoms with Gasteiger partial charge in [0.2, 0.25) is 5.95 Å². The smallest absolute Gasteiger partial charge is 0.306 e. The molecule has 0 saturated heterocycles. The molecule has 1 aliphatic rings. The minimum atomic E-state index is -3.68. The molecule has 0 radical (unpaired) electrons. The first-order chi connectivity index (χ1) is 13.2. The van der Waals surface area contributed by atoms with Crippen LogP contribution >= 0.6 is 0 Å². The van der Waals surface area contributed by atoms with Crippen LogP contribution in [0.25, 0.3) is 0 Å². The van der Waals surface area contributed by atoms with E-state index in [0.717, 1.165) is 18.6 Å². The average molecular weight is 406 g/mol. The fourth-order valence-electron chi connectivity index (χ4n) is 2.55. The summed E-state index contributed by atoms with van der Waals surface area (Å²) in [5.74, 6) is 0.734. The number of benzene rings is 1. The second-order valence-corrected chi connectivity index (χ2v) is 8.22. The number of carbonyl (C=O) groups is 1. The molecule has 1 aliphatic carbocycles. The Bertz CT molecular complexity index is 991. The molecule has 1 heterocycles. The van der Waals surface area contributed by atoms with Crippen molar-refractivity contribution in [3.8, 4) is 5.75 Å². The molecule has 1 aromatic heterocycles. The van der Waals surface area contributed by atoms with Gasteiger partial charge in [0, 0.05) is 18.4 Å². The fourth-order valence-corrected chi connectivity index (χ4v) is 3.03. The van der Waals surface area contributed by atoms with Gasteiger partial charge in [-0.05, 0) is 30.5 Å². The Morgan fingerprint density at radius 3 is 2.71 bits per heavy atom. The Morgan fingerprint density at radius 1 is 1.36 bits per heavy atom. The highest BCUT2D eigenvalue weighted by molar-refractivity contribution is 7.86. The number of amides is 1. The third-order valence-corrected chi connectivity index (χ3v) is 4.59. The zero-order chi connectivity index (χ0) is 20.3. The van der Waals surface area contributed by atoms with E-state index >= 15 is 0 Å². The van der Waals surface area contributed by atoms with Crippen molar-refractivity contribution in [3.63, 3.8) is 0 Å². The molecule has 1 fully saturated rings. The molecule has 11 heteroatoms. The third kappa shape index (κ3) is 5.46. The van der Waals surface area contributed by atoms with Gasteiger partial charge in [-0.2, -0.15) is 13.4 Å². The van der Waals surface area contributed by atoms with E-state index in [-0.39, 0.29) is 22.9 Å².